The number of nitrogens with one attached hydrogen (secondary N) is 1. The molecule has 0 radical (unpaired) electrons. The molecule has 0 spiro atoms. The molecule has 1 amide bonds. The molecule has 8 nitrogen and oxygen atoms in total. The number of nitrogens with zero attached hydrogens (tertiary/aromatic N) is 4. The quantitative estimate of drug-likeness (QED) is 0.429. The lowest BCUT2D eigenvalue weighted by Crippen LogP contribution is -2.39. The number of carbonyl (C=O) groups is 1. The molecule has 3 heterocycles. The summed E-state index contributed by atoms with van der Waals surface area (Å²) in [5.41, 5.74) is 2.44. The Balaban J connectivity index is 1.29. The molecule has 2 N–H and O–H groups in total. The van der Waals surface area contributed by atoms with Crippen molar-refractivity contribution in [1.29, 1.82) is 0 Å². The molecule has 0 unspecified atom stereocenters. The molecule has 1 fully saturated rings. The molecule has 1 aromatic heterocycles. The number of aromatic nitrogens is 2. The number of fused-ring (bicyclic) bond motifs is 1. The Morgan fingerprint density at radius 2 is 1.83 bits per heavy atom. The second-order valence-electron chi connectivity index (χ2n) is 8.69. The smallest absolute Gasteiger partial charge is 0.268 e. The predicted octanol–water partition coefficient (Wildman–Crippen LogP) is 5.35. The molecule has 0 saturated carbocycles. The van der Waals surface area contributed by atoms with Crippen LogP contribution in [0.15, 0.2) is 42.6 Å². The van der Waals surface area contributed by atoms with Crippen LogP contribution in [0.3, 0.4) is 0 Å². The number of likely N-dealkylation sites (tertiary alicyclic amines) is 1. The van der Waals surface area contributed by atoms with Crippen molar-refractivity contribution in [3.63, 3.8) is 0 Å². The van der Waals surface area contributed by atoms with Crippen LogP contribution < -0.4 is 15.0 Å². The molecule has 1 saturated heterocycles. The Morgan fingerprint density at radius 1 is 1.08 bits per heavy atom. The summed E-state index contributed by atoms with van der Waals surface area (Å²) in [6, 6.07) is 10.8. The van der Waals surface area contributed by atoms with E-state index in [2.05, 4.69) is 20.2 Å². The first kappa shape index (κ1) is 25.0. The van der Waals surface area contributed by atoms with Crippen molar-refractivity contribution in [2.45, 2.75) is 18.8 Å². The third-order valence-electron chi connectivity index (χ3n) is 6.47. The van der Waals surface area contributed by atoms with Gasteiger partial charge < -0.3 is 20.1 Å². The van der Waals surface area contributed by atoms with Gasteiger partial charge in [-0.3, -0.25) is 9.69 Å². The number of aliphatic hydroxyl groups is 1. The van der Waals surface area contributed by atoms with Crippen LogP contribution in [-0.4, -0.2) is 58.9 Å². The third kappa shape index (κ3) is 5.10. The number of hydrogen-bond donors (Lipinski definition) is 2. The van der Waals surface area contributed by atoms with E-state index in [0.717, 1.165) is 37.2 Å². The van der Waals surface area contributed by atoms with Gasteiger partial charge in [-0.15, -0.1) is 0 Å². The molecule has 3 aromatic rings. The number of benzene rings is 2. The van der Waals surface area contributed by atoms with Gasteiger partial charge in [0.15, 0.2) is 6.73 Å². The predicted molar refractivity (Wildman–Crippen MR) is 141 cm³/mol. The number of β-amino-alcohol motifs (C(OH)–C–C–N with tert-alkyl or cyclic N) is 1. The highest BCUT2D eigenvalue weighted by atomic mass is 35.5. The van der Waals surface area contributed by atoms with Gasteiger partial charge >= 0.3 is 0 Å². The number of halogens is 3. The molecule has 0 bridgehead atoms. The normalized spacial score (nSPS) is 16.6. The van der Waals surface area contributed by atoms with Gasteiger partial charge in [-0.25, -0.2) is 4.98 Å². The fraction of sp³-hybridized carbons (Fsp3) is 0.320. The number of piperidine rings is 1. The molecule has 11 heteroatoms. The number of ether oxygens (including phenoxy) is 1. The minimum absolute atomic E-state index is 0.0800. The van der Waals surface area contributed by atoms with Crippen LogP contribution in [0, 0.1) is 0 Å². The Labute approximate surface area is 223 Å². The van der Waals surface area contributed by atoms with Gasteiger partial charge in [0.2, 0.25) is 11.8 Å². The van der Waals surface area contributed by atoms with E-state index in [1.165, 1.54) is 11.1 Å². The maximum absolute atomic E-state index is 13.1. The van der Waals surface area contributed by atoms with Crippen molar-refractivity contribution < 1.29 is 14.6 Å². The van der Waals surface area contributed by atoms with E-state index in [-0.39, 0.29) is 36.6 Å². The van der Waals surface area contributed by atoms with Gasteiger partial charge in [0.1, 0.15) is 5.56 Å². The summed E-state index contributed by atoms with van der Waals surface area (Å²) >= 11 is 19.2. The summed E-state index contributed by atoms with van der Waals surface area (Å²) in [6.45, 7) is 2.71. The lowest BCUT2D eigenvalue weighted by molar-refractivity contribution is 0.0932. The summed E-state index contributed by atoms with van der Waals surface area (Å²) in [7, 11) is 0. The molecule has 0 atom stereocenters. The fourth-order valence-corrected chi connectivity index (χ4v) is 5.54. The van der Waals surface area contributed by atoms with E-state index in [9.17, 15) is 4.79 Å². The van der Waals surface area contributed by atoms with Gasteiger partial charge in [-0.2, -0.15) is 4.98 Å². The summed E-state index contributed by atoms with van der Waals surface area (Å²) in [5.74, 6) is 0.492. The number of anilines is 3. The van der Waals surface area contributed by atoms with Crippen LogP contribution in [0.25, 0.3) is 0 Å². The minimum Gasteiger partial charge on any atom is -0.455 e. The van der Waals surface area contributed by atoms with Crippen LogP contribution in [0.5, 0.6) is 5.88 Å². The summed E-state index contributed by atoms with van der Waals surface area (Å²) < 4.78 is 5.75. The second kappa shape index (κ2) is 10.8. The highest BCUT2D eigenvalue weighted by molar-refractivity contribution is 6.40. The Kier molecular flexibility index (Phi) is 7.50. The first-order chi connectivity index (χ1) is 17.4. The third-order valence-corrected chi connectivity index (χ3v) is 7.40. The summed E-state index contributed by atoms with van der Waals surface area (Å²) in [5, 5.41) is 13.6. The zero-order valence-electron chi connectivity index (χ0n) is 19.3. The first-order valence-electron chi connectivity index (χ1n) is 11.6. The SMILES string of the molecule is O=C1c2cnc(Nc3ccc(C4CCN(CCO)CC4)c(Cl)c3)nc2OCN1c1c(Cl)cccc1Cl. The van der Waals surface area contributed by atoms with Crippen LogP contribution in [-0.2, 0) is 0 Å². The molecule has 188 valence electrons. The number of carbonyl (C=O) groups excluding carboxylic acids is 1. The van der Waals surface area contributed by atoms with Crippen molar-refractivity contribution >= 4 is 58.0 Å². The molecule has 36 heavy (non-hydrogen) atoms. The molecule has 2 aliphatic heterocycles. The molecule has 2 aromatic carbocycles. The molecule has 0 aliphatic carbocycles. The summed E-state index contributed by atoms with van der Waals surface area (Å²) in [4.78, 5) is 25.4. The lowest BCUT2D eigenvalue weighted by atomic mass is 9.89. The van der Waals surface area contributed by atoms with E-state index < -0.39 is 0 Å². The Bertz CT molecular complexity index is 1260. The number of para-hydroxylation sites is 1. The van der Waals surface area contributed by atoms with Gasteiger partial charge in [0, 0.05) is 23.5 Å². The van der Waals surface area contributed by atoms with Crippen LogP contribution in [0.1, 0.15) is 34.7 Å². The second-order valence-corrected chi connectivity index (χ2v) is 9.91. The van der Waals surface area contributed by atoms with Crippen LogP contribution in [0.4, 0.5) is 17.3 Å². The van der Waals surface area contributed by atoms with Crippen LogP contribution in [0.2, 0.25) is 15.1 Å². The number of rotatable bonds is 6. The van der Waals surface area contributed by atoms with Gasteiger partial charge in [0.05, 0.1) is 22.3 Å². The van der Waals surface area contributed by atoms with E-state index in [1.54, 1.807) is 18.2 Å². The van der Waals surface area contributed by atoms with Crippen LogP contribution >= 0.6 is 34.8 Å². The topological polar surface area (TPSA) is 90.8 Å². The largest absolute Gasteiger partial charge is 0.455 e. The van der Waals surface area contributed by atoms with E-state index in [1.807, 2.05) is 18.2 Å². The molecule has 2 aliphatic rings. The van der Waals surface area contributed by atoms with Crippen molar-refractivity contribution in [3.8, 4) is 5.88 Å². The van der Waals surface area contributed by atoms with Crippen molar-refractivity contribution in [3.05, 3.63) is 68.8 Å². The maximum atomic E-state index is 13.1. The average Bonchev–Trinajstić information content (AvgIpc) is 2.86. The highest BCUT2D eigenvalue weighted by Gasteiger charge is 2.31. The maximum Gasteiger partial charge on any atom is 0.268 e. The zero-order valence-corrected chi connectivity index (χ0v) is 21.5. The van der Waals surface area contributed by atoms with Crippen molar-refractivity contribution in [2.24, 2.45) is 0 Å². The van der Waals surface area contributed by atoms with Gasteiger partial charge in [-0.05, 0) is 61.7 Å². The zero-order chi connectivity index (χ0) is 25.2. The average molecular weight is 549 g/mol. The Morgan fingerprint density at radius 3 is 2.53 bits per heavy atom. The first-order valence-corrected chi connectivity index (χ1v) is 12.7. The van der Waals surface area contributed by atoms with Gasteiger partial charge in [-0.1, -0.05) is 46.9 Å². The number of amides is 1. The monoisotopic (exact) mass is 547 g/mol. The van der Waals surface area contributed by atoms with Crippen molar-refractivity contribution in [1.82, 2.24) is 14.9 Å². The molecule has 5 rings (SSSR count). The molecular formula is C25H24Cl3N5O3. The van der Waals surface area contributed by atoms with E-state index >= 15 is 0 Å². The fourth-order valence-electron chi connectivity index (χ4n) is 4.60. The Hall–Kier alpha value is -2.62. The number of aliphatic hydroxyl groups excluding tert-OH is 1. The minimum atomic E-state index is -0.352. The van der Waals surface area contributed by atoms with Crippen molar-refractivity contribution in [2.75, 3.05) is 43.2 Å². The molecular weight excluding hydrogens is 525 g/mol. The standard InChI is InChI=1S/C25H24Cl3N5O3/c26-19-2-1-3-20(27)22(19)33-14-36-23-18(24(33)35)13-29-25(31-23)30-16-4-5-17(21(28)12-16)15-6-8-32(9-7-15)10-11-34/h1-5,12-13,15,34H,6-11,14H2,(H,29,30,31). The van der Waals surface area contributed by atoms with E-state index in [0.29, 0.717) is 33.2 Å². The summed E-state index contributed by atoms with van der Waals surface area (Å²) in [6.07, 6.45) is 3.42. The number of hydrogen-bond acceptors (Lipinski definition) is 7. The van der Waals surface area contributed by atoms with Gasteiger partial charge in [0.25, 0.3) is 5.91 Å². The lowest BCUT2D eigenvalue weighted by Gasteiger charge is -2.32. The highest BCUT2D eigenvalue weighted by Crippen LogP contribution is 2.38. The van der Waals surface area contributed by atoms with E-state index in [4.69, 9.17) is 44.6 Å².